The van der Waals surface area contributed by atoms with Crippen LogP contribution in [0.1, 0.15) is 51.5 Å². The molecule has 1 aromatic rings. The van der Waals surface area contributed by atoms with E-state index in [1.165, 1.54) is 19.3 Å². The average molecular weight is 263 g/mol. The van der Waals surface area contributed by atoms with Gasteiger partial charge in [0.15, 0.2) is 0 Å². The largest absolute Gasteiger partial charge is 0.474 e. The quantitative estimate of drug-likeness (QED) is 0.884. The van der Waals surface area contributed by atoms with E-state index in [0.29, 0.717) is 12.0 Å². The highest BCUT2D eigenvalue weighted by Crippen LogP contribution is 2.30. The number of nitrogens with one attached hydrogen (secondary N) is 1. The van der Waals surface area contributed by atoms with Gasteiger partial charge in [-0.3, -0.25) is 0 Å². The van der Waals surface area contributed by atoms with Crippen LogP contribution in [-0.4, -0.2) is 23.1 Å². The lowest BCUT2D eigenvalue weighted by Gasteiger charge is -2.29. The molecular formula is C15H25N3O. The van der Waals surface area contributed by atoms with Crippen molar-refractivity contribution in [2.45, 2.75) is 58.5 Å². The Hall–Kier alpha value is -1.32. The highest BCUT2D eigenvalue weighted by atomic mass is 16.5. The Bertz CT molecular complexity index is 408. The van der Waals surface area contributed by atoms with E-state index in [0.717, 1.165) is 36.5 Å². The molecule has 0 aromatic carbocycles. The highest BCUT2D eigenvalue weighted by Gasteiger charge is 2.24. The van der Waals surface area contributed by atoms with E-state index in [2.05, 4.69) is 29.1 Å². The Morgan fingerprint density at radius 3 is 2.79 bits per heavy atom. The van der Waals surface area contributed by atoms with E-state index in [1.54, 1.807) is 6.33 Å². The molecule has 1 aromatic heterocycles. The molecule has 1 N–H and O–H groups in total. The van der Waals surface area contributed by atoms with E-state index in [-0.39, 0.29) is 0 Å². The first-order chi connectivity index (χ1) is 9.26. The molecule has 1 fully saturated rings. The van der Waals surface area contributed by atoms with Gasteiger partial charge in [0, 0.05) is 7.05 Å². The lowest BCUT2D eigenvalue weighted by Crippen LogP contribution is -2.29. The van der Waals surface area contributed by atoms with E-state index < -0.39 is 0 Å². The molecule has 4 nitrogen and oxygen atoms in total. The molecule has 2 rings (SSSR count). The molecule has 2 unspecified atom stereocenters. The summed E-state index contributed by atoms with van der Waals surface area (Å²) in [6, 6.07) is 0. The molecule has 106 valence electrons. The van der Waals surface area contributed by atoms with E-state index in [4.69, 9.17) is 4.74 Å². The van der Waals surface area contributed by atoms with Crippen LogP contribution < -0.4 is 10.1 Å². The number of hydrogen-bond acceptors (Lipinski definition) is 4. The molecule has 0 amide bonds. The Morgan fingerprint density at radius 2 is 2.11 bits per heavy atom. The summed E-state index contributed by atoms with van der Waals surface area (Å²) < 4.78 is 6.20. The summed E-state index contributed by atoms with van der Waals surface area (Å²) in [5, 5.41) is 3.14. The fourth-order valence-electron chi connectivity index (χ4n) is 2.79. The molecule has 1 aliphatic carbocycles. The van der Waals surface area contributed by atoms with Crippen molar-refractivity contribution >= 4 is 5.82 Å². The minimum absolute atomic E-state index is 0.309. The van der Waals surface area contributed by atoms with Crippen molar-refractivity contribution < 1.29 is 4.74 Å². The molecule has 0 bridgehead atoms. The van der Waals surface area contributed by atoms with E-state index in [1.807, 2.05) is 7.05 Å². The van der Waals surface area contributed by atoms with Crippen molar-refractivity contribution in [2.75, 3.05) is 12.4 Å². The smallest absolute Gasteiger partial charge is 0.222 e. The molecule has 1 saturated carbocycles. The third kappa shape index (κ3) is 3.37. The molecule has 0 aliphatic heterocycles. The fraction of sp³-hybridized carbons (Fsp3) is 0.733. The number of anilines is 1. The van der Waals surface area contributed by atoms with Gasteiger partial charge in [0.05, 0.1) is 5.56 Å². The summed E-state index contributed by atoms with van der Waals surface area (Å²) in [7, 11) is 1.90. The molecule has 1 aliphatic rings. The van der Waals surface area contributed by atoms with Crippen LogP contribution in [0.2, 0.25) is 0 Å². The summed E-state index contributed by atoms with van der Waals surface area (Å²) >= 11 is 0. The highest BCUT2D eigenvalue weighted by molar-refractivity contribution is 5.48. The molecule has 1 heterocycles. The van der Waals surface area contributed by atoms with Crippen molar-refractivity contribution in [2.24, 2.45) is 5.92 Å². The van der Waals surface area contributed by atoms with Crippen molar-refractivity contribution in [3.05, 3.63) is 11.9 Å². The number of ether oxygens (including phenoxy) is 1. The maximum absolute atomic E-state index is 6.20. The first-order valence-corrected chi connectivity index (χ1v) is 7.44. The fourth-order valence-corrected chi connectivity index (χ4v) is 2.79. The van der Waals surface area contributed by atoms with Crippen molar-refractivity contribution in [1.29, 1.82) is 0 Å². The van der Waals surface area contributed by atoms with Gasteiger partial charge in [-0.05, 0) is 31.6 Å². The van der Waals surface area contributed by atoms with E-state index >= 15 is 0 Å². The Balaban J connectivity index is 2.18. The van der Waals surface area contributed by atoms with Gasteiger partial charge in [-0.25, -0.2) is 9.97 Å². The summed E-state index contributed by atoms with van der Waals surface area (Å²) in [5.74, 6) is 2.30. The van der Waals surface area contributed by atoms with Crippen LogP contribution in [-0.2, 0) is 6.42 Å². The van der Waals surface area contributed by atoms with Crippen LogP contribution >= 0.6 is 0 Å². The van der Waals surface area contributed by atoms with Gasteiger partial charge in [-0.1, -0.05) is 26.7 Å². The molecule has 0 saturated heterocycles. The van der Waals surface area contributed by atoms with Crippen LogP contribution in [0.25, 0.3) is 0 Å². The van der Waals surface area contributed by atoms with Crippen LogP contribution in [0.5, 0.6) is 5.88 Å². The first kappa shape index (κ1) is 14.1. The average Bonchev–Trinajstić information content (AvgIpc) is 2.43. The van der Waals surface area contributed by atoms with Crippen LogP contribution in [0.15, 0.2) is 6.33 Å². The first-order valence-electron chi connectivity index (χ1n) is 7.44. The van der Waals surface area contributed by atoms with Gasteiger partial charge in [0.1, 0.15) is 18.2 Å². The van der Waals surface area contributed by atoms with Crippen LogP contribution in [0.3, 0.4) is 0 Å². The monoisotopic (exact) mass is 263 g/mol. The maximum Gasteiger partial charge on any atom is 0.222 e. The van der Waals surface area contributed by atoms with Crippen molar-refractivity contribution in [1.82, 2.24) is 9.97 Å². The molecule has 4 heteroatoms. The normalized spacial score (nSPS) is 23.1. The predicted octanol–water partition coefficient (Wildman–Crippen LogP) is 3.43. The molecule has 2 atom stereocenters. The topological polar surface area (TPSA) is 47.0 Å². The Morgan fingerprint density at radius 1 is 1.32 bits per heavy atom. The molecule has 19 heavy (non-hydrogen) atoms. The van der Waals surface area contributed by atoms with Crippen LogP contribution in [0, 0.1) is 5.92 Å². The third-order valence-electron chi connectivity index (χ3n) is 3.94. The number of nitrogens with zero attached hydrogens (tertiary/aromatic N) is 2. The second-order valence-electron chi connectivity index (χ2n) is 5.42. The molecule has 0 radical (unpaired) electrons. The second-order valence-corrected chi connectivity index (χ2v) is 5.42. The standard InChI is InChI=1S/C15H25N3O/c1-4-7-12-14(16-3)17-10-18-15(12)19-13-9-6-5-8-11(13)2/h10-11,13H,4-9H2,1-3H3,(H,16,17,18). The Labute approximate surface area is 116 Å². The van der Waals surface area contributed by atoms with Gasteiger partial charge in [0.2, 0.25) is 5.88 Å². The lowest BCUT2D eigenvalue weighted by atomic mass is 9.88. The van der Waals surface area contributed by atoms with Gasteiger partial charge in [-0.15, -0.1) is 0 Å². The minimum Gasteiger partial charge on any atom is -0.474 e. The van der Waals surface area contributed by atoms with Crippen molar-refractivity contribution in [3.8, 4) is 5.88 Å². The number of aromatic nitrogens is 2. The number of hydrogen-bond donors (Lipinski definition) is 1. The summed E-state index contributed by atoms with van der Waals surface area (Å²) in [5.41, 5.74) is 1.12. The minimum atomic E-state index is 0.309. The maximum atomic E-state index is 6.20. The SMILES string of the molecule is CCCc1c(NC)ncnc1OC1CCCCC1C. The van der Waals surface area contributed by atoms with Crippen LogP contribution in [0.4, 0.5) is 5.82 Å². The zero-order chi connectivity index (χ0) is 13.7. The van der Waals surface area contributed by atoms with Crippen molar-refractivity contribution in [3.63, 3.8) is 0 Å². The zero-order valence-corrected chi connectivity index (χ0v) is 12.3. The van der Waals surface area contributed by atoms with Gasteiger partial charge >= 0.3 is 0 Å². The Kier molecular flexibility index (Phi) is 5.00. The zero-order valence-electron chi connectivity index (χ0n) is 12.3. The second kappa shape index (κ2) is 6.73. The van der Waals surface area contributed by atoms with E-state index in [9.17, 15) is 0 Å². The molecular weight excluding hydrogens is 238 g/mol. The lowest BCUT2D eigenvalue weighted by molar-refractivity contribution is 0.0963. The van der Waals surface area contributed by atoms with Gasteiger partial charge in [-0.2, -0.15) is 0 Å². The predicted molar refractivity (Wildman–Crippen MR) is 77.6 cm³/mol. The number of rotatable bonds is 5. The summed E-state index contributed by atoms with van der Waals surface area (Å²) in [6.07, 6.45) is 8.92. The summed E-state index contributed by atoms with van der Waals surface area (Å²) in [4.78, 5) is 8.65. The summed E-state index contributed by atoms with van der Waals surface area (Å²) in [6.45, 7) is 4.45. The third-order valence-corrected chi connectivity index (χ3v) is 3.94. The molecule has 0 spiro atoms. The van der Waals surface area contributed by atoms with Gasteiger partial charge in [0.25, 0.3) is 0 Å². The van der Waals surface area contributed by atoms with Gasteiger partial charge < -0.3 is 10.1 Å².